The summed E-state index contributed by atoms with van der Waals surface area (Å²) in [6.07, 6.45) is 0.677. The summed E-state index contributed by atoms with van der Waals surface area (Å²) >= 11 is 9.01. The van der Waals surface area contributed by atoms with Gasteiger partial charge in [-0.1, -0.05) is 11.6 Å². The molecular weight excluding hydrogens is 337 g/mol. The van der Waals surface area contributed by atoms with E-state index in [9.17, 15) is 9.59 Å². The summed E-state index contributed by atoms with van der Waals surface area (Å²) in [6, 6.07) is 1.66. The van der Waals surface area contributed by atoms with Crippen molar-refractivity contribution in [1.82, 2.24) is 4.40 Å². The van der Waals surface area contributed by atoms with Crippen molar-refractivity contribution in [3.05, 3.63) is 36.1 Å². The lowest BCUT2D eigenvalue weighted by Gasteiger charge is -1.98. The Morgan fingerprint density at radius 1 is 1.57 bits per heavy atom. The van der Waals surface area contributed by atoms with E-state index in [1.165, 1.54) is 15.7 Å². The van der Waals surface area contributed by atoms with Gasteiger partial charge in [-0.25, -0.2) is 0 Å². The first-order chi connectivity index (χ1) is 6.65. The SMILES string of the molecule is O=Cc1cc2scc(Cl)n2c(=O)c1I. The summed E-state index contributed by atoms with van der Waals surface area (Å²) in [4.78, 5) is 23.0. The van der Waals surface area contributed by atoms with Crippen LogP contribution in [0.15, 0.2) is 16.2 Å². The molecule has 0 aliphatic carbocycles. The second-order valence-electron chi connectivity index (χ2n) is 2.57. The summed E-state index contributed by atoms with van der Waals surface area (Å²) in [7, 11) is 0. The van der Waals surface area contributed by atoms with Gasteiger partial charge in [0.25, 0.3) is 5.56 Å². The van der Waals surface area contributed by atoms with Crippen LogP contribution in [0.5, 0.6) is 0 Å². The van der Waals surface area contributed by atoms with Gasteiger partial charge in [-0.2, -0.15) is 0 Å². The predicted molar refractivity (Wildman–Crippen MR) is 64.7 cm³/mol. The molecule has 0 atom stereocenters. The third-order valence-electron chi connectivity index (χ3n) is 1.76. The molecule has 0 saturated carbocycles. The first-order valence-electron chi connectivity index (χ1n) is 3.58. The maximum absolute atomic E-state index is 11.7. The molecule has 2 aromatic heterocycles. The highest BCUT2D eigenvalue weighted by Gasteiger charge is 2.10. The molecular formula is C8H3ClINO2S. The number of nitrogens with zero attached hydrogens (tertiary/aromatic N) is 1. The van der Waals surface area contributed by atoms with E-state index < -0.39 is 0 Å². The molecule has 6 heteroatoms. The number of carbonyl (C=O) groups excluding carboxylic acids is 1. The zero-order valence-electron chi connectivity index (χ0n) is 6.66. The third kappa shape index (κ3) is 1.39. The van der Waals surface area contributed by atoms with Gasteiger partial charge in [0, 0.05) is 10.9 Å². The molecule has 2 rings (SSSR count). The number of pyridine rings is 1. The van der Waals surface area contributed by atoms with Crippen LogP contribution >= 0.6 is 45.5 Å². The van der Waals surface area contributed by atoms with Crippen molar-refractivity contribution < 1.29 is 4.79 Å². The molecule has 0 saturated heterocycles. The Kier molecular flexibility index (Phi) is 2.63. The fourth-order valence-electron chi connectivity index (χ4n) is 1.12. The molecule has 0 radical (unpaired) electrons. The summed E-state index contributed by atoms with van der Waals surface area (Å²) in [6.45, 7) is 0. The molecule has 0 spiro atoms. The van der Waals surface area contributed by atoms with E-state index in [-0.39, 0.29) is 5.56 Å². The number of hydrogen-bond donors (Lipinski definition) is 0. The Bertz CT molecular complexity index is 574. The lowest BCUT2D eigenvalue weighted by atomic mass is 10.3. The molecule has 14 heavy (non-hydrogen) atoms. The van der Waals surface area contributed by atoms with Gasteiger partial charge in [0.15, 0.2) is 6.29 Å². The van der Waals surface area contributed by atoms with E-state index >= 15 is 0 Å². The topological polar surface area (TPSA) is 38.5 Å². The van der Waals surface area contributed by atoms with Crippen molar-refractivity contribution >= 4 is 56.6 Å². The minimum Gasteiger partial charge on any atom is -0.298 e. The normalized spacial score (nSPS) is 10.7. The van der Waals surface area contributed by atoms with Crippen LogP contribution in [-0.2, 0) is 0 Å². The third-order valence-corrected chi connectivity index (χ3v) is 4.14. The Morgan fingerprint density at radius 2 is 2.29 bits per heavy atom. The van der Waals surface area contributed by atoms with E-state index in [0.717, 1.165) is 0 Å². The largest absolute Gasteiger partial charge is 0.298 e. The highest BCUT2D eigenvalue weighted by Crippen LogP contribution is 2.20. The number of aldehydes is 1. The molecule has 0 N–H and O–H groups in total. The molecule has 2 aromatic rings. The Balaban J connectivity index is 3.02. The predicted octanol–water partition coefficient (Wildman–Crippen LogP) is 2.43. The zero-order valence-corrected chi connectivity index (χ0v) is 10.4. The van der Waals surface area contributed by atoms with Crippen LogP contribution in [0, 0.1) is 3.57 Å². The molecule has 72 valence electrons. The summed E-state index contributed by atoms with van der Waals surface area (Å²) in [5, 5.41) is 2.05. The van der Waals surface area contributed by atoms with Gasteiger partial charge in [0.2, 0.25) is 0 Å². The monoisotopic (exact) mass is 339 g/mol. The van der Waals surface area contributed by atoms with Crippen molar-refractivity contribution in [3.8, 4) is 0 Å². The van der Waals surface area contributed by atoms with Gasteiger partial charge in [-0.05, 0) is 28.7 Å². The number of thiazole rings is 1. The van der Waals surface area contributed by atoms with Crippen LogP contribution in [0.25, 0.3) is 4.83 Å². The second-order valence-corrected chi connectivity index (χ2v) is 4.92. The van der Waals surface area contributed by atoms with Crippen molar-refractivity contribution in [2.45, 2.75) is 0 Å². The minimum atomic E-state index is -0.239. The molecule has 0 amide bonds. The number of rotatable bonds is 1. The molecule has 0 unspecified atom stereocenters. The van der Waals surface area contributed by atoms with E-state index in [1.54, 1.807) is 11.4 Å². The average molecular weight is 340 g/mol. The zero-order chi connectivity index (χ0) is 10.3. The van der Waals surface area contributed by atoms with Gasteiger partial charge in [0.05, 0.1) is 3.57 Å². The quantitative estimate of drug-likeness (QED) is 0.591. The van der Waals surface area contributed by atoms with Crippen LogP contribution < -0.4 is 5.56 Å². The average Bonchev–Trinajstić information content (AvgIpc) is 2.54. The van der Waals surface area contributed by atoms with Crippen molar-refractivity contribution in [2.24, 2.45) is 0 Å². The highest BCUT2D eigenvalue weighted by molar-refractivity contribution is 14.1. The van der Waals surface area contributed by atoms with Crippen LogP contribution in [0.1, 0.15) is 10.4 Å². The minimum absolute atomic E-state index is 0.239. The standard InChI is InChI=1S/C8H3ClINO2S/c9-5-3-14-6-1-4(2-12)7(10)8(13)11(5)6/h1-3H. The van der Waals surface area contributed by atoms with Crippen molar-refractivity contribution in [1.29, 1.82) is 0 Å². The molecule has 0 bridgehead atoms. The maximum atomic E-state index is 11.7. The molecule has 2 heterocycles. The maximum Gasteiger partial charge on any atom is 0.271 e. The summed E-state index contributed by atoms with van der Waals surface area (Å²) in [5.41, 5.74) is 0.172. The summed E-state index contributed by atoms with van der Waals surface area (Å²) < 4.78 is 1.79. The van der Waals surface area contributed by atoms with E-state index in [1.807, 2.05) is 22.6 Å². The van der Waals surface area contributed by atoms with Gasteiger partial charge in [0.1, 0.15) is 9.98 Å². The van der Waals surface area contributed by atoms with Crippen LogP contribution in [0.2, 0.25) is 5.15 Å². The molecule has 0 aromatic carbocycles. The molecule has 0 aliphatic rings. The highest BCUT2D eigenvalue weighted by atomic mass is 127. The fraction of sp³-hybridized carbons (Fsp3) is 0. The number of fused-ring (bicyclic) bond motifs is 1. The van der Waals surface area contributed by atoms with Crippen LogP contribution in [0.4, 0.5) is 0 Å². The van der Waals surface area contributed by atoms with Crippen molar-refractivity contribution in [2.75, 3.05) is 0 Å². The van der Waals surface area contributed by atoms with Gasteiger partial charge in [-0.15, -0.1) is 11.3 Å². The Morgan fingerprint density at radius 3 is 2.93 bits per heavy atom. The molecule has 0 fully saturated rings. The van der Waals surface area contributed by atoms with Crippen LogP contribution in [0.3, 0.4) is 0 Å². The number of aromatic nitrogens is 1. The first kappa shape index (κ1) is 10.1. The summed E-state index contributed by atoms with van der Waals surface area (Å²) in [5.74, 6) is 0. The van der Waals surface area contributed by atoms with Gasteiger partial charge >= 0.3 is 0 Å². The Labute approximate surface area is 101 Å². The molecule has 0 aliphatic heterocycles. The second kappa shape index (κ2) is 3.63. The Hall–Kier alpha value is -0.400. The van der Waals surface area contributed by atoms with E-state index in [0.29, 0.717) is 25.4 Å². The van der Waals surface area contributed by atoms with E-state index in [2.05, 4.69) is 0 Å². The van der Waals surface area contributed by atoms with Gasteiger partial charge < -0.3 is 0 Å². The first-order valence-corrected chi connectivity index (χ1v) is 5.92. The van der Waals surface area contributed by atoms with Crippen LogP contribution in [-0.4, -0.2) is 10.7 Å². The van der Waals surface area contributed by atoms with Crippen molar-refractivity contribution in [3.63, 3.8) is 0 Å². The number of halogens is 2. The fourth-order valence-corrected chi connectivity index (χ4v) is 2.80. The number of hydrogen-bond acceptors (Lipinski definition) is 3. The lowest BCUT2D eigenvalue weighted by Crippen LogP contribution is -2.17. The van der Waals surface area contributed by atoms with Gasteiger partial charge in [-0.3, -0.25) is 14.0 Å². The van der Waals surface area contributed by atoms with E-state index in [4.69, 9.17) is 11.6 Å². The molecule has 3 nitrogen and oxygen atoms in total. The lowest BCUT2D eigenvalue weighted by molar-refractivity contribution is 0.112. The smallest absolute Gasteiger partial charge is 0.271 e. The number of carbonyl (C=O) groups is 1.